The molecule has 0 aliphatic carbocycles. The molecular formula is C21H22N4O3S. The normalized spacial score (nSPS) is 10.6. The van der Waals surface area contributed by atoms with Gasteiger partial charge in [-0.05, 0) is 43.0 Å². The first-order valence-electron chi connectivity index (χ1n) is 8.96. The van der Waals surface area contributed by atoms with Crippen molar-refractivity contribution >= 4 is 23.6 Å². The number of benzene rings is 1. The monoisotopic (exact) mass is 410 g/mol. The van der Waals surface area contributed by atoms with Crippen LogP contribution in [0.3, 0.4) is 0 Å². The number of carbonyl (C=O) groups is 2. The number of nitrogens with one attached hydrogen (secondary N) is 1. The van der Waals surface area contributed by atoms with Crippen LogP contribution in [0.15, 0.2) is 52.1 Å². The minimum Gasteiger partial charge on any atom is -0.461 e. The van der Waals surface area contributed by atoms with Gasteiger partial charge in [-0.2, -0.15) is 0 Å². The number of hydrogen-bond donors (Lipinski definition) is 1. The third-order valence-electron chi connectivity index (χ3n) is 4.28. The van der Waals surface area contributed by atoms with E-state index in [1.165, 1.54) is 16.7 Å². The van der Waals surface area contributed by atoms with E-state index in [4.69, 9.17) is 4.42 Å². The number of aryl methyl sites for hydroxylation is 1. The molecule has 0 aliphatic rings. The summed E-state index contributed by atoms with van der Waals surface area (Å²) in [5.74, 6) is 0.707. The van der Waals surface area contributed by atoms with Gasteiger partial charge in [0.05, 0.1) is 17.5 Å². The first-order valence-corrected chi connectivity index (χ1v) is 10.2. The molecule has 0 radical (unpaired) electrons. The van der Waals surface area contributed by atoms with E-state index in [-0.39, 0.29) is 11.8 Å². The lowest BCUT2D eigenvalue weighted by molar-refractivity contribution is 0.0827. The summed E-state index contributed by atoms with van der Waals surface area (Å²) in [7, 11) is 3.42. The van der Waals surface area contributed by atoms with Gasteiger partial charge < -0.3 is 14.6 Å². The molecule has 7 nitrogen and oxygen atoms in total. The molecule has 0 bridgehead atoms. The van der Waals surface area contributed by atoms with Gasteiger partial charge in [0.15, 0.2) is 11.6 Å². The lowest BCUT2D eigenvalue weighted by Gasteiger charge is -2.12. The van der Waals surface area contributed by atoms with Crippen LogP contribution in [-0.4, -0.2) is 47.0 Å². The molecule has 1 aromatic carbocycles. The molecule has 0 atom stereocenters. The summed E-state index contributed by atoms with van der Waals surface area (Å²) in [6.45, 7) is 2.12. The van der Waals surface area contributed by atoms with Crippen molar-refractivity contribution in [3.63, 3.8) is 0 Å². The van der Waals surface area contributed by atoms with Gasteiger partial charge >= 0.3 is 0 Å². The maximum atomic E-state index is 12.8. The van der Waals surface area contributed by atoms with Crippen LogP contribution >= 0.6 is 11.8 Å². The van der Waals surface area contributed by atoms with Crippen molar-refractivity contribution in [1.82, 2.24) is 20.2 Å². The number of nitrogens with zero attached hydrogens (tertiary/aromatic N) is 3. The number of rotatable bonds is 6. The first kappa shape index (κ1) is 20.6. The lowest BCUT2D eigenvalue weighted by Crippen LogP contribution is -2.25. The molecule has 0 fully saturated rings. The van der Waals surface area contributed by atoms with Gasteiger partial charge in [0.25, 0.3) is 11.8 Å². The molecule has 3 aromatic rings. The number of thioether (sulfide) groups is 1. The van der Waals surface area contributed by atoms with E-state index >= 15 is 0 Å². The van der Waals surface area contributed by atoms with Crippen molar-refractivity contribution in [3.05, 3.63) is 65.0 Å². The van der Waals surface area contributed by atoms with Crippen LogP contribution in [0.5, 0.6) is 0 Å². The van der Waals surface area contributed by atoms with Crippen LogP contribution in [0.2, 0.25) is 0 Å². The molecule has 0 aliphatic heterocycles. The van der Waals surface area contributed by atoms with Crippen molar-refractivity contribution < 1.29 is 14.0 Å². The highest BCUT2D eigenvalue weighted by Crippen LogP contribution is 2.25. The van der Waals surface area contributed by atoms with Crippen molar-refractivity contribution in [3.8, 4) is 11.6 Å². The molecule has 150 valence electrons. The zero-order valence-corrected chi connectivity index (χ0v) is 17.5. The maximum absolute atomic E-state index is 12.8. The zero-order valence-electron chi connectivity index (χ0n) is 16.7. The summed E-state index contributed by atoms with van der Waals surface area (Å²) < 4.78 is 5.36. The number of furan rings is 1. The van der Waals surface area contributed by atoms with E-state index < -0.39 is 0 Å². The summed E-state index contributed by atoms with van der Waals surface area (Å²) in [5.41, 5.74) is 2.53. The van der Waals surface area contributed by atoms with Crippen molar-refractivity contribution in [2.24, 2.45) is 0 Å². The minimum atomic E-state index is -0.244. The predicted octanol–water partition coefficient (Wildman–Crippen LogP) is 3.40. The van der Waals surface area contributed by atoms with Crippen LogP contribution in [0.4, 0.5) is 0 Å². The Morgan fingerprint density at radius 1 is 1.14 bits per heavy atom. The fraction of sp³-hybridized carbons (Fsp3) is 0.238. The minimum absolute atomic E-state index is 0.0605. The second-order valence-electron chi connectivity index (χ2n) is 6.57. The second-order valence-corrected chi connectivity index (χ2v) is 7.37. The molecule has 1 N–H and O–H groups in total. The van der Waals surface area contributed by atoms with Gasteiger partial charge in [-0.3, -0.25) is 9.59 Å². The Labute approximate surface area is 173 Å². The maximum Gasteiger partial charge on any atom is 0.256 e. The van der Waals surface area contributed by atoms with Gasteiger partial charge in [0.1, 0.15) is 5.03 Å². The summed E-state index contributed by atoms with van der Waals surface area (Å²) in [5, 5.41) is 3.50. The molecule has 3 rings (SSSR count). The van der Waals surface area contributed by atoms with Crippen molar-refractivity contribution in [2.45, 2.75) is 18.5 Å². The summed E-state index contributed by atoms with van der Waals surface area (Å²) in [6.07, 6.45) is 3.43. The average Bonchev–Trinajstić information content (AvgIpc) is 3.26. The summed E-state index contributed by atoms with van der Waals surface area (Å²) in [4.78, 5) is 35.2. The third-order valence-corrected chi connectivity index (χ3v) is 4.96. The van der Waals surface area contributed by atoms with E-state index in [1.807, 2.05) is 18.4 Å². The fourth-order valence-electron chi connectivity index (χ4n) is 2.77. The average molecular weight is 410 g/mol. The van der Waals surface area contributed by atoms with Gasteiger partial charge in [-0.15, -0.1) is 11.8 Å². The number of amides is 2. The van der Waals surface area contributed by atoms with Gasteiger partial charge in [-0.25, -0.2) is 9.97 Å². The SMILES string of the molecule is CSc1nc(-c2ccco2)nc(C)c1C(=O)NCc1ccc(C(=O)N(C)C)cc1. The third kappa shape index (κ3) is 4.65. The summed E-state index contributed by atoms with van der Waals surface area (Å²) in [6, 6.07) is 10.7. The van der Waals surface area contributed by atoms with E-state index in [9.17, 15) is 9.59 Å². The second kappa shape index (κ2) is 8.91. The van der Waals surface area contributed by atoms with Gasteiger partial charge in [0, 0.05) is 26.2 Å². The lowest BCUT2D eigenvalue weighted by atomic mass is 10.1. The first-order chi connectivity index (χ1) is 13.9. The van der Waals surface area contributed by atoms with Crippen LogP contribution in [0, 0.1) is 6.92 Å². The largest absolute Gasteiger partial charge is 0.461 e. The molecular weight excluding hydrogens is 388 g/mol. The van der Waals surface area contributed by atoms with Crippen LogP contribution in [0.25, 0.3) is 11.6 Å². The number of hydrogen-bond acceptors (Lipinski definition) is 6. The van der Waals surface area contributed by atoms with Gasteiger partial charge in [-0.1, -0.05) is 12.1 Å². The Hall–Kier alpha value is -3.13. The van der Waals surface area contributed by atoms with Gasteiger partial charge in [0.2, 0.25) is 0 Å². The highest BCUT2D eigenvalue weighted by molar-refractivity contribution is 7.98. The number of carbonyl (C=O) groups excluding carboxylic acids is 2. The van der Waals surface area contributed by atoms with E-state index in [2.05, 4.69) is 15.3 Å². The van der Waals surface area contributed by atoms with E-state index in [1.54, 1.807) is 51.5 Å². The Balaban J connectivity index is 1.74. The molecule has 2 amide bonds. The number of aromatic nitrogens is 2. The standard InChI is InChI=1S/C21H22N4O3S/c1-13-17(20(29-4)24-18(23-13)16-6-5-11-28-16)19(26)22-12-14-7-9-15(10-8-14)21(27)25(2)3/h5-11H,12H2,1-4H3,(H,22,26). The summed E-state index contributed by atoms with van der Waals surface area (Å²) >= 11 is 1.38. The molecule has 0 saturated heterocycles. The van der Waals surface area contributed by atoms with Crippen LogP contribution in [-0.2, 0) is 6.54 Å². The fourth-order valence-corrected chi connectivity index (χ4v) is 3.39. The predicted molar refractivity (Wildman–Crippen MR) is 112 cm³/mol. The molecule has 0 saturated carbocycles. The molecule has 8 heteroatoms. The highest BCUT2D eigenvalue weighted by Gasteiger charge is 2.19. The molecule has 2 aromatic heterocycles. The smallest absolute Gasteiger partial charge is 0.256 e. The van der Waals surface area contributed by atoms with Crippen molar-refractivity contribution in [2.75, 3.05) is 20.4 Å². The molecule has 29 heavy (non-hydrogen) atoms. The van der Waals surface area contributed by atoms with Crippen molar-refractivity contribution in [1.29, 1.82) is 0 Å². The topological polar surface area (TPSA) is 88.3 Å². The molecule has 0 spiro atoms. The molecule has 2 heterocycles. The van der Waals surface area contributed by atoms with E-state index in [0.717, 1.165) is 5.56 Å². The zero-order chi connectivity index (χ0) is 21.0. The molecule has 0 unspecified atom stereocenters. The van der Waals surface area contributed by atoms with Crippen LogP contribution < -0.4 is 5.32 Å². The quantitative estimate of drug-likeness (QED) is 0.495. The van der Waals surface area contributed by atoms with Crippen LogP contribution in [0.1, 0.15) is 32.0 Å². The Morgan fingerprint density at radius 3 is 2.45 bits per heavy atom. The Bertz CT molecular complexity index is 1020. The highest BCUT2D eigenvalue weighted by atomic mass is 32.2. The Morgan fingerprint density at radius 2 is 1.86 bits per heavy atom. The Kier molecular flexibility index (Phi) is 6.33. The van der Waals surface area contributed by atoms with E-state index in [0.29, 0.717) is 40.0 Å².